The molecule has 0 aliphatic carbocycles. The molecule has 2 rings (SSSR count). The molecule has 0 spiro atoms. The number of nitrogens with two attached hydrogens (primary N) is 1. The van der Waals surface area contributed by atoms with Gasteiger partial charge in [-0.1, -0.05) is 28.9 Å². The van der Waals surface area contributed by atoms with Crippen molar-refractivity contribution in [3.05, 3.63) is 52.0 Å². The molecule has 2 aromatic carbocycles. The Morgan fingerprint density at radius 3 is 2.43 bits per heavy atom. The zero-order valence-corrected chi connectivity index (χ0v) is 14.1. The van der Waals surface area contributed by atoms with Crippen LogP contribution in [0.5, 0.6) is 17.2 Å². The van der Waals surface area contributed by atoms with Crippen molar-refractivity contribution < 1.29 is 9.47 Å². The Morgan fingerprint density at radius 1 is 1.10 bits per heavy atom. The summed E-state index contributed by atoms with van der Waals surface area (Å²) in [7, 11) is 1.65. The normalized spacial score (nSPS) is 12.0. The average molecular weight is 350 g/mol. The molecule has 0 radical (unpaired) electrons. The number of hydrogen-bond acceptors (Lipinski definition) is 3. The van der Waals surface area contributed by atoms with Crippen LogP contribution in [0.4, 0.5) is 0 Å². The predicted octanol–water partition coefficient (Wildman–Crippen LogP) is 4.83. The third kappa shape index (κ3) is 3.77. The maximum atomic E-state index is 6.02. The van der Waals surface area contributed by atoms with E-state index < -0.39 is 0 Å². The molecule has 0 bridgehead atoms. The Balaban J connectivity index is 2.38. The maximum Gasteiger partial charge on any atom is 0.169 e. The highest BCUT2D eigenvalue weighted by atomic mass is 79.9. The van der Waals surface area contributed by atoms with E-state index in [9.17, 15) is 0 Å². The van der Waals surface area contributed by atoms with Gasteiger partial charge in [-0.15, -0.1) is 0 Å². The Kier molecular flexibility index (Phi) is 5.26. The lowest BCUT2D eigenvalue weighted by Crippen LogP contribution is -2.07. The summed E-state index contributed by atoms with van der Waals surface area (Å²) in [5.74, 6) is 2.17. The summed E-state index contributed by atoms with van der Waals surface area (Å²) >= 11 is 3.46. The Labute approximate surface area is 134 Å². The molecular formula is C17H20BrNO2. The van der Waals surface area contributed by atoms with E-state index >= 15 is 0 Å². The summed E-state index contributed by atoms with van der Waals surface area (Å²) in [4.78, 5) is 0. The number of halogens is 1. The minimum atomic E-state index is -0.113. The van der Waals surface area contributed by atoms with E-state index in [-0.39, 0.29) is 6.04 Å². The zero-order chi connectivity index (χ0) is 15.4. The molecule has 2 aromatic rings. The third-order valence-corrected chi connectivity index (χ3v) is 3.81. The van der Waals surface area contributed by atoms with E-state index in [4.69, 9.17) is 15.2 Å². The van der Waals surface area contributed by atoms with Crippen LogP contribution in [0, 0.1) is 0 Å². The SMILES string of the molecule is CCc1ccc(Oc2ccc(Br)cc2C(C)N)c(OC)c1. The van der Waals surface area contributed by atoms with E-state index in [1.54, 1.807) is 7.11 Å². The van der Waals surface area contributed by atoms with Gasteiger partial charge >= 0.3 is 0 Å². The molecule has 0 heterocycles. The van der Waals surface area contributed by atoms with Crippen molar-refractivity contribution in [1.82, 2.24) is 0 Å². The van der Waals surface area contributed by atoms with E-state index in [0.717, 1.165) is 28.0 Å². The van der Waals surface area contributed by atoms with E-state index in [0.29, 0.717) is 5.75 Å². The van der Waals surface area contributed by atoms with Crippen LogP contribution >= 0.6 is 15.9 Å². The Bertz CT molecular complexity index is 626. The summed E-state index contributed by atoms with van der Waals surface area (Å²) in [5, 5.41) is 0. The second-order valence-corrected chi connectivity index (χ2v) is 5.83. The van der Waals surface area contributed by atoms with Crippen LogP contribution < -0.4 is 15.2 Å². The smallest absolute Gasteiger partial charge is 0.169 e. The molecule has 1 atom stereocenters. The lowest BCUT2D eigenvalue weighted by molar-refractivity contribution is 0.376. The van der Waals surface area contributed by atoms with Gasteiger partial charge in [0.05, 0.1) is 7.11 Å². The molecule has 0 saturated carbocycles. The molecule has 0 aromatic heterocycles. The summed E-state index contributed by atoms with van der Waals surface area (Å²) < 4.78 is 12.4. The molecule has 3 nitrogen and oxygen atoms in total. The molecule has 0 aliphatic rings. The quantitative estimate of drug-likeness (QED) is 0.840. The molecule has 4 heteroatoms. The van der Waals surface area contributed by atoms with Crippen LogP contribution in [0.3, 0.4) is 0 Å². The number of methoxy groups -OCH3 is 1. The van der Waals surface area contributed by atoms with E-state index in [2.05, 4.69) is 22.9 Å². The topological polar surface area (TPSA) is 44.5 Å². The van der Waals surface area contributed by atoms with Crippen molar-refractivity contribution in [2.75, 3.05) is 7.11 Å². The lowest BCUT2D eigenvalue weighted by atomic mass is 10.1. The number of ether oxygens (including phenoxy) is 2. The molecule has 0 amide bonds. The van der Waals surface area contributed by atoms with Gasteiger partial charge in [-0.2, -0.15) is 0 Å². The fraction of sp³-hybridized carbons (Fsp3) is 0.294. The first-order valence-corrected chi connectivity index (χ1v) is 7.74. The highest BCUT2D eigenvalue weighted by Crippen LogP contribution is 2.36. The number of aryl methyl sites for hydroxylation is 1. The van der Waals surface area contributed by atoms with Gasteiger partial charge in [-0.3, -0.25) is 0 Å². The minimum Gasteiger partial charge on any atom is -0.493 e. The first-order valence-electron chi connectivity index (χ1n) is 6.95. The molecule has 0 aliphatic heterocycles. The zero-order valence-electron chi connectivity index (χ0n) is 12.5. The molecule has 1 unspecified atom stereocenters. The summed E-state index contributed by atoms with van der Waals surface area (Å²) in [6.07, 6.45) is 0.958. The van der Waals surface area contributed by atoms with Crippen molar-refractivity contribution in [3.63, 3.8) is 0 Å². The fourth-order valence-electron chi connectivity index (χ4n) is 2.10. The summed E-state index contributed by atoms with van der Waals surface area (Å²) in [6, 6.07) is 11.7. The molecule has 112 valence electrons. The van der Waals surface area contributed by atoms with Gasteiger partial charge in [-0.05, 0) is 49.2 Å². The summed E-state index contributed by atoms with van der Waals surface area (Å²) in [5.41, 5.74) is 8.18. The Hall–Kier alpha value is -1.52. The van der Waals surface area contributed by atoms with Crippen LogP contribution in [0.2, 0.25) is 0 Å². The van der Waals surface area contributed by atoms with Gasteiger partial charge in [0.25, 0.3) is 0 Å². The van der Waals surface area contributed by atoms with E-state index in [1.165, 1.54) is 5.56 Å². The number of hydrogen-bond donors (Lipinski definition) is 1. The van der Waals surface area contributed by atoms with Gasteiger partial charge in [0.1, 0.15) is 5.75 Å². The number of benzene rings is 2. The fourth-order valence-corrected chi connectivity index (χ4v) is 2.48. The third-order valence-electron chi connectivity index (χ3n) is 3.32. The van der Waals surface area contributed by atoms with Crippen molar-refractivity contribution in [3.8, 4) is 17.2 Å². The monoisotopic (exact) mass is 349 g/mol. The van der Waals surface area contributed by atoms with Gasteiger partial charge in [-0.25, -0.2) is 0 Å². The van der Waals surface area contributed by atoms with Crippen LogP contribution in [0.1, 0.15) is 31.0 Å². The average Bonchev–Trinajstić information content (AvgIpc) is 2.49. The largest absolute Gasteiger partial charge is 0.493 e. The predicted molar refractivity (Wildman–Crippen MR) is 89.2 cm³/mol. The van der Waals surface area contributed by atoms with E-state index in [1.807, 2.05) is 43.3 Å². The van der Waals surface area contributed by atoms with Gasteiger partial charge < -0.3 is 15.2 Å². The van der Waals surface area contributed by atoms with Crippen molar-refractivity contribution in [1.29, 1.82) is 0 Å². The van der Waals surface area contributed by atoms with Gasteiger partial charge in [0, 0.05) is 16.1 Å². The molecule has 2 N–H and O–H groups in total. The molecule has 0 fully saturated rings. The Morgan fingerprint density at radius 2 is 1.81 bits per heavy atom. The summed E-state index contributed by atoms with van der Waals surface area (Å²) in [6.45, 7) is 4.05. The van der Waals surface area contributed by atoms with Crippen LogP contribution in [0.25, 0.3) is 0 Å². The highest BCUT2D eigenvalue weighted by molar-refractivity contribution is 9.10. The first-order chi connectivity index (χ1) is 10.0. The van der Waals surface area contributed by atoms with Gasteiger partial charge in [0.15, 0.2) is 11.5 Å². The maximum absolute atomic E-state index is 6.02. The van der Waals surface area contributed by atoms with Crippen LogP contribution in [-0.4, -0.2) is 7.11 Å². The lowest BCUT2D eigenvalue weighted by Gasteiger charge is -2.16. The van der Waals surface area contributed by atoms with Gasteiger partial charge in [0.2, 0.25) is 0 Å². The second kappa shape index (κ2) is 6.96. The van der Waals surface area contributed by atoms with Crippen LogP contribution in [-0.2, 0) is 6.42 Å². The van der Waals surface area contributed by atoms with Crippen molar-refractivity contribution in [2.24, 2.45) is 5.73 Å². The minimum absolute atomic E-state index is 0.113. The first kappa shape index (κ1) is 15.9. The standard InChI is InChI=1S/C17H20BrNO2/c1-4-12-5-7-16(17(9-12)20-3)21-15-8-6-13(18)10-14(15)11(2)19/h5-11H,4,19H2,1-3H3. The molecule has 21 heavy (non-hydrogen) atoms. The molecular weight excluding hydrogens is 330 g/mol. The van der Waals surface area contributed by atoms with Crippen LogP contribution in [0.15, 0.2) is 40.9 Å². The van der Waals surface area contributed by atoms with Crippen molar-refractivity contribution >= 4 is 15.9 Å². The highest BCUT2D eigenvalue weighted by Gasteiger charge is 2.12. The number of rotatable bonds is 5. The molecule has 0 saturated heterocycles. The van der Waals surface area contributed by atoms with Crippen molar-refractivity contribution in [2.45, 2.75) is 26.3 Å². The second-order valence-electron chi connectivity index (χ2n) is 4.91.